The lowest BCUT2D eigenvalue weighted by molar-refractivity contribution is 0.268. The Hall–Kier alpha value is -0.980. The first-order valence-corrected chi connectivity index (χ1v) is 6.50. The Morgan fingerprint density at radius 2 is 1.69 bits per heavy atom. The summed E-state index contributed by atoms with van der Waals surface area (Å²) in [6, 6.07) is 9.25. The van der Waals surface area contributed by atoms with Crippen LogP contribution in [-0.2, 0) is 0 Å². The average Bonchev–Trinajstić information content (AvgIpc) is 2.26. The minimum Gasteiger partial charge on any atom is -0.382 e. The Balaban J connectivity index is 2.11. The molecule has 0 aromatic heterocycles. The second-order valence-electron chi connectivity index (χ2n) is 5.37. The fraction of sp³-hybridized carbons (Fsp3) is 0.600. The number of benzene rings is 1. The van der Waals surface area contributed by atoms with E-state index in [-0.39, 0.29) is 0 Å². The van der Waals surface area contributed by atoms with Gasteiger partial charge in [-0.15, -0.1) is 0 Å². The molecule has 0 radical (unpaired) electrons. The van der Waals surface area contributed by atoms with Crippen LogP contribution in [0.1, 0.15) is 38.7 Å². The molecule has 0 bridgehead atoms. The highest BCUT2D eigenvalue weighted by atomic mass is 14.9. The van der Waals surface area contributed by atoms with E-state index in [2.05, 4.69) is 50.4 Å². The zero-order chi connectivity index (χ0) is 11.5. The van der Waals surface area contributed by atoms with Crippen LogP contribution >= 0.6 is 0 Å². The minimum absolute atomic E-state index is 0.648. The highest BCUT2D eigenvalue weighted by Crippen LogP contribution is 2.31. The molecule has 0 spiro atoms. The van der Waals surface area contributed by atoms with E-state index in [4.69, 9.17) is 0 Å². The fourth-order valence-corrected chi connectivity index (χ4v) is 2.88. The summed E-state index contributed by atoms with van der Waals surface area (Å²) >= 11 is 0. The van der Waals surface area contributed by atoms with Crippen molar-refractivity contribution in [1.82, 2.24) is 0 Å². The number of nitrogens with one attached hydrogen (secondary N) is 1. The van der Waals surface area contributed by atoms with Crippen LogP contribution in [0.15, 0.2) is 24.3 Å². The van der Waals surface area contributed by atoms with Gasteiger partial charge in [0.25, 0.3) is 0 Å². The first kappa shape index (κ1) is 11.5. The topological polar surface area (TPSA) is 12.0 Å². The summed E-state index contributed by atoms with van der Waals surface area (Å²) in [7, 11) is 0. The van der Waals surface area contributed by atoms with Crippen molar-refractivity contribution in [2.45, 2.75) is 46.1 Å². The van der Waals surface area contributed by atoms with Gasteiger partial charge in [-0.2, -0.15) is 0 Å². The van der Waals surface area contributed by atoms with Crippen LogP contribution < -0.4 is 5.32 Å². The third kappa shape index (κ3) is 2.40. The molecule has 0 amide bonds. The molecule has 1 heteroatoms. The maximum absolute atomic E-state index is 3.75. The lowest BCUT2D eigenvalue weighted by Gasteiger charge is -2.36. The summed E-state index contributed by atoms with van der Waals surface area (Å²) in [4.78, 5) is 0. The van der Waals surface area contributed by atoms with Crippen LogP contribution in [-0.4, -0.2) is 6.04 Å². The van der Waals surface area contributed by atoms with E-state index >= 15 is 0 Å². The summed E-state index contributed by atoms with van der Waals surface area (Å²) < 4.78 is 0. The van der Waals surface area contributed by atoms with Gasteiger partial charge < -0.3 is 5.32 Å². The van der Waals surface area contributed by atoms with Crippen molar-refractivity contribution in [2.24, 2.45) is 11.8 Å². The first-order chi connectivity index (χ1) is 7.68. The predicted octanol–water partition coefficient (Wildman–Crippen LogP) is 4.23. The maximum atomic E-state index is 3.75. The van der Waals surface area contributed by atoms with E-state index in [1.807, 2.05) is 0 Å². The van der Waals surface area contributed by atoms with Gasteiger partial charge in [-0.3, -0.25) is 0 Å². The van der Waals surface area contributed by atoms with Gasteiger partial charge in [-0.1, -0.05) is 38.5 Å². The van der Waals surface area contributed by atoms with Gasteiger partial charge in [0, 0.05) is 11.7 Å². The maximum Gasteiger partial charge on any atom is 0.0372 e. The Bertz CT molecular complexity index is 335. The van der Waals surface area contributed by atoms with Crippen LogP contribution in [0.4, 0.5) is 5.69 Å². The molecule has 88 valence electrons. The van der Waals surface area contributed by atoms with Crippen LogP contribution in [0.2, 0.25) is 0 Å². The molecule has 2 atom stereocenters. The number of rotatable bonds is 2. The minimum atomic E-state index is 0.648. The van der Waals surface area contributed by atoms with Crippen molar-refractivity contribution in [1.29, 1.82) is 0 Å². The number of hydrogen-bond acceptors (Lipinski definition) is 1. The van der Waals surface area contributed by atoms with Gasteiger partial charge in [0.1, 0.15) is 0 Å². The molecule has 0 aliphatic heterocycles. The van der Waals surface area contributed by atoms with Crippen molar-refractivity contribution in [2.75, 3.05) is 5.32 Å². The van der Waals surface area contributed by atoms with Gasteiger partial charge in [0.15, 0.2) is 0 Å². The van der Waals surface area contributed by atoms with Gasteiger partial charge in [0.05, 0.1) is 0 Å². The van der Waals surface area contributed by atoms with Crippen LogP contribution in [0.3, 0.4) is 0 Å². The highest BCUT2D eigenvalue weighted by molar-refractivity contribution is 5.51. The molecule has 1 nitrogen and oxygen atoms in total. The zero-order valence-electron chi connectivity index (χ0n) is 10.7. The number of para-hydroxylation sites is 1. The largest absolute Gasteiger partial charge is 0.382 e. The van der Waals surface area contributed by atoms with Crippen molar-refractivity contribution < 1.29 is 0 Å². The van der Waals surface area contributed by atoms with E-state index in [0.717, 1.165) is 11.8 Å². The molecule has 1 saturated carbocycles. The Morgan fingerprint density at radius 1 is 1.06 bits per heavy atom. The standard InChI is InChI=1S/C15H23N/c1-11-7-4-5-10-14(11)16-15-12(2)8-6-9-13(15)3/h4-5,7,10,12-13,15-16H,6,8-9H2,1-3H3. The number of hydrogen-bond donors (Lipinski definition) is 1. The highest BCUT2D eigenvalue weighted by Gasteiger charge is 2.27. The molecule has 1 aliphatic carbocycles. The van der Waals surface area contributed by atoms with Crippen molar-refractivity contribution in [3.05, 3.63) is 29.8 Å². The lowest BCUT2D eigenvalue weighted by atomic mass is 9.78. The molecule has 0 saturated heterocycles. The molecule has 2 rings (SSSR count). The summed E-state index contributed by atoms with van der Waals surface area (Å²) in [5.41, 5.74) is 2.67. The van der Waals surface area contributed by atoms with Crippen molar-refractivity contribution in [3.8, 4) is 0 Å². The molecule has 16 heavy (non-hydrogen) atoms. The zero-order valence-corrected chi connectivity index (χ0v) is 10.7. The Kier molecular flexibility index (Phi) is 3.52. The normalized spacial score (nSPS) is 30.1. The second-order valence-corrected chi connectivity index (χ2v) is 5.37. The van der Waals surface area contributed by atoms with Crippen LogP contribution in [0, 0.1) is 18.8 Å². The third-order valence-corrected chi connectivity index (χ3v) is 4.01. The smallest absolute Gasteiger partial charge is 0.0372 e. The molecule has 1 aromatic rings. The van der Waals surface area contributed by atoms with Gasteiger partial charge in [0.2, 0.25) is 0 Å². The van der Waals surface area contributed by atoms with E-state index in [1.54, 1.807) is 0 Å². The second kappa shape index (κ2) is 4.90. The number of anilines is 1. The van der Waals surface area contributed by atoms with E-state index in [0.29, 0.717) is 6.04 Å². The quantitative estimate of drug-likeness (QED) is 0.781. The Labute approximate surface area is 99.3 Å². The fourth-order valence-electron chi connectivity index (χ4n) is 2.88. The van der Waals surface area contributed by atoms with Crippen molar-refractivity contribution in [3.63, 3.8) is 0 Å². The van der Waals surface area contributed by atoms with Crippen LogP contribution in [0.5, 0.6) is 0 Å². The SMILES string of the molecule is Cc1ccccc1NC1C(C)CCCC1C. The first-order valence-electron chi connectivity index (χ1n) is 6.50. The molecule has 1 fully saturated rings. The average molecular weight is 217 g/mol. The molecular formula is C15H23N. The van der Waals surface area contributed by atoms with E-state index < -0.39 is 0 Å². The van der Waals surface area contributed by atoms with E-state index in [9.17, 15) is 0 Å². The molecular weight excluding hydrogens is 194 g/mol. The third-order valence-electron chi connectivity index (χ3n) is 4.01. The lowest BCUT2D eigenvalue weighted by Crippen LogP contribution is -2.37. The molecule has 2 unspecified atom stereocenters. The molecule has 0 heterocycles. The van der Waals surface area contributed by atoms with Crippen molar-refractivity contribution >= 4 is 5.69 Å². The summed E-state index contributed by atoms with van der Waals surface area (Å²) in [6.45, 7) is 6.94. The van der Waals surface area contributed by atoms with Gasteiger partial charge in [-0.05, 0) is 43.2 Å². The molecule has 1 aromatic carbocycles. The summed E-state index contributed by atoms with van der Waals surface area (Å²) in [6.07, 6.45) is 4.13. The van der Waals surface area contributed by atoms with E-state index in [1.165, 1.54) is 30.5 Å². The summed E-state index contributed by atoms with van der Waals surface area (Å²) in [5.74, 6) is 1.59. The monoisotopic (exact) mass is 217 g/mol. The van der Waals surface area contributed by atoms with Gasteiger partial charge >= 0.3 is 0 Å². The van der Waals surface area contributed by atoms with Gasteiger partial charge in [-0.25, -0.2) is 0 Å². The Morgan fingerprint density at radius 3 is 2.31 bits per heavy atom. The summed E-state index contributed by atoms with van der Waals surface area (Å²) in [5, 5.41) is 3.75. The van der Waals surface area contributed by atoms with Crippen LogP contribution in [0.25, 0.3) is 0 Å². The molecule has 1 aliphatic rings. The predicted molar refractivity (Wildman–Crippen MR) is 70.8 cm³/mol. The number of aryl methyl sites for hydroxylation is 1. The molecule has 1 N–H and O–H groups in total.